The Balaban J connectivity index is 2.62. The Morgan fingerprint density at radius 2 is 2.20 bits per heavy atom. The van der Waals surface area contributed by atoms with Crippen LogP contribution in [0.2, 0.25) is 5.02 Å². The van der Waals surface area contributed by atoms with E-state index in [9.17, 15) is 0 Å². The monoisotopic (exact) mass is 230 g/mol. The predicted octanol–water partition coefficient (Wildman–Crippen LogP) is 1.63. The molecule has 0 bridgehead atoms. The molecule has 0 aliphatic rings. The lowest BCUT2D eigenvalue weighted by atomic mass is 10.1. The van der Waals surface area contributed by atoms with Crippen molar-refractivity contribution in [2.24, 2.45) is 0 Å². The number of benzene rings is 1. The quantitative estimate of drug-likeness (QED) is 0.809. The summed E-state index contributed by atoms with van der Waals surface area (Å²) in [5.74, 6) is 0.656. The van der Waals surface area contributed by atoms with E-state index in [4.69, 9.17) is 26.6 Å². The summed E-state index contributed by atoms with van der Waals surface area (Å²) in [5, 5.41) is 18.4. The third kappa shape index (κ3) is 3.70. The van der Waals surface area contributed by atoms with Crippen LogP contribution in [-0.2, 0) is 6.42 Å². The molecule has 84 valence electrons. The largest absolute Gasteiger partial charge is 0.491 e. The average Bonchev–Trinajstić information content (AvgIpc) is 2.27. The highest BCUT2D eigenvalue weighted by atomic mass is 35.5. The Morgan fingerprint density at radius 1 is 1.47 bits per heavy atom. The molecule has 0 aliphatic carbocycles. The summed E-state index contributed by atoms with van der Waals surface area (Å²) in [4.78, 5) is 0. The van der Waals surface area contributed by atoms with Crippen molar-refractivity contribution in [1.82, 2.24) is 0 Å². The second kappa shape index (κ2) is 5.95. The SMILES string of the molecule is CCc1cc(OCC(O)CO)ccc1Cl. The molecule has 0 fully saturated rings. The van der Waals surface area contributed by atoms with Gasteiger partial charge in [-0.25, -0.2) is 0 Å². The highest BCUT2D eigenvalue weighted by Crippen LogP contribution is 2.22. The Morgan fingerprint density at radius 3 is 2.80 bits per heavy atom. The van der Waals surface area contributed by atoms with Crippen molar-refractivity contribution in [3.8, 4) is 5.75 Å². The number of halogens is 1. The smallest absolute Gasteiger partial charge is 0.119 e. The van der Waals surface area contributed by atoms with E-state index in [0.29, 0.717) is 10.8 Å². The molecule has 0 saturated heterocycles. The molecule has 2 N–H and O–H groups in total. The molecule has 0 spiro atoms. The minimum absolute atomic E-state index is 0.0846. The lowest BCUT2D eigenvalue weighted by molar-refractivity contribution is 0.0536. The Kier molecular flexibility index (Phi) is 4.88. The molecule has 15 heavy (non-hydrogen) atoms. The van der Waals surface area contributed by atoms with E-state index >= 15 is 0 Å². The minimum Gasteiger partial charge on any atom is -0.491 e. The van der Waals surface area contributed by atoms with Gasteiger partial charge >= 0.3 is 0 Å². The van der Waals surface area contributed by atoms with Crippen LogP contribution >= 0.6 is 11.6 Å². The molecule has 0 radical (unpaired) electrons. The molecular weight excluding hydrogens is 216 g/mol. The van der Waals surface area contributed by atoms with Crippen molar-refractivity contribution < 1.29 is 14.9 Å². The summed E-state index contributed by atoms with van der Waals surface area (Å²) in [6.07, 6.45) is -0.00996. The van der Waals surface area contributed by atoms with Crippen molar-refractivity contribution in [3.05, 3.63) is 28.8 Å². The van der Waals surface area contributed by atoms with Gasteiger partial charge < -0.3 is 14.9 Å². The van der Waals surface area contributed by atoms with Crippen LogP contribution < -0.4 is 4.74 Å². The zero-order valence-corrected chi connectivity index (χ0v) is 9.37. The van der Waals surface area contributed by atoms with Crippen LogP contribution in [0.4, 0.5) is 0 Å². The first kappa shape index (κ1) is 12.3. The Bertz CT molecular complexity index is 315. The van der Waals surface area contributed by atoms with Crippen molar-refractivity contribution in [2.75, 3.05) is 13.2 Å². The fraction of sp³-hybridized carbons (Fsp3) is 0.455. The number of rotatable bonds is 5. The van der Waals surface area contributed by atoms with Gasteiger partial charge in [0.2, 0.25) is 0 Å². The molecule has 1 aromatic carbocycles. The standard InChI is InChI=1S/C11H15ClO3/c1-2-8-5-10(3-4-11(8)12)15-7-9(14)6-13/h3-5,9,13-14H,2,6-7H2,1H3. The fourth-order valence-corrected chi connectivity index (χ4v) is 1.41. The number of hydrogen-bond acceptors (Lipinski definition) is 3. The third-order valence-corrected chi connectivity index (χ3v) is 2.42. The van der Waals surface area contributed by atoms with Crippen LogP contribution in [0.1, 0.15) is 12.5 Å². The van der Waals surface area contributed by atoms with Crippen LogP contribution in [0, 0.1) is 0 Å². The predicted molar refractivity (Wildman–Crippen MR) is 59.4 cm³/mol. The molecule has 1 rings (SSSR count). The zero-order chi connectivity index (χ0) is 11.3. The van der Waals surface area contributed by atoms with Gasteiger partial charge in [-0.2, -0.15) is 0 Å². The molecule has 3 nitrogen and oxygen atoms in total. The van der Waals surface area contributed by atoms with Crippen LogP contribution in [0.5, 0.6) is 5.75 Å². The zero-order valence-electron chi connectivity index (χ0n) is 8.61. The number of aryl methyl sites for hydroxylation is 1. The van der Waals surface area contributed by atoms with Gasteiger partial charge in [0.25, 0.3) is 0 Å². The second-order valence-corrected chi connectivity index (χ2v) is 3.66. The van der Waals surface area contributed by atoms with E-state index in [1.165, 1.54) is 0 Å². The van der Waals surface area contributed by atoms with E-state index in [-0.39, 0.29) is 13.2 Å². The molecule has 0 aliphatic heterocycles. The van der Waals surface area contributed by atoms with Gasteiger partial charge in [-0.15, -0.1) is 0 Å². The maximum atomic E-state index is 9.10. The van der Waals surface area contributed by atoms with Gasteiger partial charge in [-0.05, 0) is 30.2 Å². The first-order valence-corrected chi connectivity index (χ1v) is 5.25. The van der Waals surface area contributed by atoms with Crippen LogP contribution in [0.25, 0.3) is 0 Å². The fourth-order valence-electron chi connectivity index (χ4n) is 1.16. The van der Waals surface area contributed by atoms with E-state index in [1.54, 1.807) is 12.1 Å². The van der Waals surface area contributed by atoms with E-state index < -0.39 is 6.10 Å². The number of ether oxygens (including phenoxy) is 1. The topological polar surface area (TPSA) is 49.7 Å². The third-order valence-electron chi connectivity index (χ3n) is 2.05. The van der Waals surface area contributed by atoms with Crippen LogP contribution in [0.15, 0.2) is 18.2 Å². The number of aliphatic hydroxyl groups is 2. The minimum atomic E-state index is -0.842. The molecule has 4 heteroatoms. The van der Waals surface area contributed by atoms with Gasteiger partial charge in [0.1, 0.15) is 18.5 Å². The molecule has 0 heterocycles. The Labute approximate surface area is 94.3 Å². The van der Waals surface area contributed by atoms with Crippen LogP contribution in [0.3, 0.4) is 0 Å². The molecule has 1 aromatic rings. The molecule has 1 atom stereocenters. The molecule has 0 saturated carbocycles. The average molecular weight is 231 g/mol. The van der Waals surface area contributed by atoms with E-state index in [0.717, 1.165) is 12.0 Å². The van der Waals surface area contributed by atoms with E-state index in [2.05, 4.69) is 0 Å². The van der Waals surface area contributed by atoms with E-state index in [1.807, 2.05) is 13.0 Å². The highest BCUT2D eigenvalue weighted by molar-refractivity contribution is 6.31. The summed E-state index contributed by atoms with van der Waals surface area (Å²) in [6, 6.07) is 5.35. The lowest BCUT2D eigenvalue weighted by Gasteiger charge is -2.11. The van der Waals surface area contributed by atoms with Gasteiger partial charge in [0.05, 0.1) is 6.61 Å². The summed E-state index contributed by atoms with van der Waals surface area (Å²) in [6.45, 7) is 1.79. The molecule has 1 unspecified atom stereocenters. The first-order valence-electron chi connectivity index (χ1n) is 4.87. The molecule has 0 aromatic heterocycles. The first-order chi connectivity index (χ1) is 7.17. The van der Waals surface area contributed by atoms with Gasteiger partial charge in [0, 0.05) is 5.02 Å². The number of aliphatic hydroxyl groups excluding tert-OH is 2. The van der Waals surface area contributed by atoms with Gasteiger partial charge in [-0.1, -0.05) is 18.5 Å². The van der Waals surface area contributed by atoms with Crippen molar-refractivity contribution in [1.29, 1.82) is 0 Å². The van der Waals surface area contributed by atoms with Crippen molar-refractivity contribution in [3.63, 3.8) is 0 Å². The summed E-state index contributed by atoms with van der Waals surface area (Å²) in [7, 11) is 0. The summed E-state index contributed by atoms with van der Waals surface area (Å²) >= 11 is 5.94. The highest BCUT2D eigenvalue weighted by Gasteiger charge is 2.04. The van der Waals surface area contributed by atoms with Gasteiger partial charge in [-0.3, -0.25) is 0 Å². The van der Waals surface area contributed by atoms with Crippen LogP contribution in [-0.4, -0.2) is 29.5 Å². The second-order valence-electron chi connectivity index (χ2n) is 3.25. The van der Waals surface area contributed by atoms with Gasteiger partial charge in [0.15, 0.2) is 0 Å². The summed E-state index contributed by atoms with van der Waals surface area (Å²) < 4.78 is 5.29. The normalized spacial score (nSPS) is 12.5. The summed E-state index contributed by atoms with van der Waals surface area (Å²) in [5.41, 5.74) is 1.01. The molecular formula is C11H15ClO3. The molecule has 0 amide bonds. The Hall–Kier alpha value is -0.770. The van der Waals surface area contributed by atoms with Crippen molar-refractivity contribution >= 4 is 11.6 Å². The van der Waals surface area contributed by atoms with Crippen molar-refractivity contribution in [2.45, 2.75) is 19.4 Å². The lowest BCUT2D eigenvalue weighted by Crippen LogP contribution is -2.21. The maximum absolute atomic E-state index is 9.10. The number of hydrogen-bond donors (Lipinski definition) is 2. The maximum Gasteiger partial charge on any atom is 0.119 e.